The summed E-state index contributed by atoms with van der Waals surface area (Å²) in [5.74, 6) is 0. The van der Waals surface area contributed by atoms with Crippen LogP contribution < -0.4 is 0 Å². The molecule has 0 radical (unpaired) electrons. The minimum Gasteiger partial charge on any atom is -0.388 e. The van der Waals surface area contributed by atoms with Crippen LogP contribution in [0.5, 0.6) is 0 Å². The first-order chi connectivity index (χ1) is 5.14. The van der Waals surface area contributed by atoms with Gasteiger partial charge in [-0.25, -0.2) is 4.68 Å². The molecule has 0 aliphatic carbocycles. The second-order valence-corrected chi connectivity index (χ2v) is 2.95. The molecule has 0 aliphatic rings. The van der Waals surface area contributed by atoms with E-state index in [-0.39, 0.29) is 0 Å². The third-order valence-corrected chi connectivity index (χ3v) is 1.74. The molecule has 4 nitrogen and oxygen atoms in total. The highest BCUT2D eigenvalue weighted by Gasteiger charge is 2.17. The second-order valence-electron chi connectivity index (χ2n) is 2.95. The lowest BCUT2D eigenvalue weighted by Gasteiger charge is -2.20. The van der Waals surface area contributed by atoms with Crippen LogP contribution in [0.25, 0.3) is 0 Å². The summed E-state index contributed by atoms with van der Waals surface area (Å²) in [5.41, 5.74) is -0.673. The summed E-state index contributed by atoms with van der Waals surface area (Å²) in [6.45, 7) is 4.23. The molecule has 0 amide bonds. The van der Waals surface area contributed by atoms with Crippen LogP contribution in [0.4, 0.5) is 0 Å². The minimum atomic E-state index is -0.673. The average molecular weight is 155 g/mol. The first kappa shape index (κ1) is 8.20. The largest absolute Gasteiger partial charge is 0.388 e. The number of rotatable bonds is 3. The zero-order valence-electron chi connectivity index (χ0n) is 6.86. The molecule has 0 fully saturated rings. The van der Waals surface area contributed by atoms with Crippen molar-refractivity contribution in [1.29, 1.82) is 0 Å². The van der Waals surface area contributed by atoms with Crippen molar-refractivity contribution in [2.45, 2.75) is 32.4 Å². The highest BCUT2D eigenvalue weighted by atomic mass is 16.3. The Balaban J connectivity index is 2.56. The third-order valence-electron chi connectivity index (χ3n) is 1.74. The summed E-state index contributed by atoms with van der Waals surface area (Å²) < 4.78 is 1.63. The maximum atomic E-state index is 9.61. The van der Waals surface area contributed by atoms with Crippen molar-refractivity contribution in [3.05, 3.63) is 12.4 Å². The highest BCUT2D eigenvalue weighted by Crippen LogP contribution is 2.09. The Kier molecular flexibility index (Phi) is 2.24. The summed E-state index contributed by atoms with van der Waals surface area (Å²) >= 11 is 0. The quantitative estimate of drug-likeness (QED) is 0.689. The molecule has 1 unspecified atom stereocenters. The van der Waals surface area contributed by atoms with E-state index in [0.717, 1.165) is 0 Å². The van der Waals surface area contributed by atoms with Crippen LogP contribution in [0.2, 0.25) is 0 Å². The van der Waals surface area contributed by atoms with Crippen LogP contribution in [0.1, 0.15) is 20.3 Å². The van der Waals surface area contributed by atoms with Gasteiger partial charge in [-0.3, -0.25) is 0 Å². The van der Waals surface area contributed by atoms with Gasteiger partial charge in [-0.1, -0.05) is 12.1 Å². The number of hydrogen-bond donors (Lipinski definition) is 1. The SMILES string of the molecule is CCC(C)(O)Cn1ccnn1. The van der Waals surface area contributed by atoms with Gasteiger partial charge >= 0.3 is 0 Å². The lowest BCUT2D eigenvalue weighted by Crippen LogP contribution is -2.29. The lowest BCUT2D eigenvalue weighted by molar-refractivity contribution is 0.0340. The van der Waals surface area contributed by atoms with Gasteiger partial charge in [-0.2, -0.15) is 0 Å². The van der Waals surface area contributed by atoms with Crippen LogP contribution in [-0.4, -0.2) is 25.7 Å². The van der Waals surface area contributed by atoms with Gasteiger partial charge in [0.05, 0.1) is 18.3 Å². The predicted molar refractivity (Wildman–Crippen MR) is 40.9 cm³/mol. The number of aromatic nitrogens is 3. The summed E-state index contributed by atoms with van der Waals surface area (Å²) in [4.78, 5) is 0. The van der Waals surface area contributed by atoms with E-state index >= 15 is 0 Å². The molecule has 1 N–H and O–H groups in total. The van der Waals surface area contributed by atoms with Crippen molar-refractivity contribution >= 4 is 0 Å². The molecular weight excluding hydrogens is 142 g/mol. The fraction of sp³-hybridized carbons (Fsp3) is 0.714. The Hall–Kier alpha value is -0.900. The van der Waals surface area contributed by atoms with Gasteiger partial charge in [0.25, 0.3) is 0 Å². The molecule has 0 spiro atoms. The maximum Gasteiger partial charge on any atom is 0.0812 e. The fourth-order valence-corrected chi connectivity index (χ4v) is 0.778. The first-order valence-electron chi connectivity index (χ1n) is 3.70. The van der Waals surface area contributed by atoms with E-state index in [0.29, 0.717) is 13.0 Å². The van der Waals surface area contributed by atoms with Crippen molar-refractivity contribution in [1.82, 2.24) is 15.0 Å². The maximum absolute atomic E-state index is 9.61. The average Bonchev–Trinajstić information content (AvgIpc) is 2.39. The Bertz CT molecular complexity index is 205. The molecule has 0 aromatic carbocycles. The molecule has 1 aromatic heterocycles. The molecular formula is C7H13N3O. The van der Waals surface area contributed by atoms with Gasteiger partial charge < -0.3 is 5.11 Å². The van der Waals surface area contributed by atoms with E-state index in [1.807, 2.05) is 6.92 Å². The van der Waals surface area contributed by atoms with Gasteiger partial charge in [0.2, 0.25) is 0 Å². The van der Waals surface area contributed by atoms with Crippen LogP contribution in [-0.2, 0) is 6.54 Å². The number of hydrogen-bond acceptors (Lipinski definition) is 3. The smallest absolute Gasteiger partial charge is 0.0812 e. The molecule has 0 saturated heterocycles. The molecule has 4 heteroatoms. The van der Waals surface area contributed by atoms with E-state index in [1.165, 1.54) is 0 Å². The molecule has 0 aliphatic heterocycles. The van der Waals surface area contributed by atoms with Crippen molar-refractivity contribution < 1.29 is 5.11 Å². The van der Waals surface area contributed by atoms with Crippen molar-refractivity contribution in [2.24, 2.45) is 0 Å². The van der Waals surface area contributed by atoms with Crippen molar-refractivity contribution in [2.75, 3.05) is 0 Å². The molecule has 11 heavy (non-hydrogen) atoms. The number of aliphatic hydroxyl groups is 1. The van der Waals surface area contributed by atoms with Gasteiger partial charge in [0.1, 0.15) is 0 Å². The van der Waals surface area contributed by atoms with Gasteiger partial charge in [-0.05, 0) is 13.3 Å². The Morgan fingerprint density at radius 3 is 2.82 bits per heavy atom. The Morgan fingerprint density at radius 2 is 2.36 bits per heavy atom. The van der Waals surface area contributed by atoms with Gasteiger partial charge in [0, 0.05) is 6.20 Å². The normalized spacial score (nSPS) is 16.3. The zero-order chi connectivity index (χ0) is 8.32. The fourth-order valence-electron chi connectivity index (χ4n) is 0.778. The van der Waals surface area contributed by atoms with Crippen LogP contribution in [0, 0.1) is 0 Å². The molecule has 1 rings (SSSR count). The molecule has 62 valence electrons. The van der Waals surface area contributed by atoms with Crippen LogP contribution in [0.15, 0.2) is 12.4 Å². The Morgan fingerprint density at radius 1 is 1.64 bits per heavy atom. The summed E-state index contributed by atoms with van der Waals surface area (Å²) in [7, 11) is 0. The van der Waals surface area contributed by atoms with Gasteiger partial charge in [0.15, 0.2) is 0 Å². The standard InChI is InChI=1S/C7H13N3O/c1-3-7(2,11)6-10-5-4-8-9-10/h4-5,11H,3,6H2,1-2H3. The summed E-state index contributed by atoms with van der Waals surface area (Å²) in [5, 5.41) is 17.0. The van der Waals surface area contributed by atoms with Crippen molar-refractivity contribution in [3.63, 3.8) is 0 Å². The second kappa shape index (κ2) is 3.00. The molecule has 0 bridgehead atoms. The van der Waals surface area contributed by atoms with Crippen LogP contribution >= 0.6 is 0 Å². The monoisotopic (exact) mass is 155 g/mol. The Labute approximate surface area is 65.8 Å². The summed E-state index contributed by atoms with van der Waals surface area (Å²) in [6.07, 6.45) is 4.06. The molecule has 1 aromatic rings. The van der Waals surface area contributed by atoms with E-state index < -0.39 is 5.60 Å². The summed E-state index contributed by atoms with van der Waals surface area (Å²) in [6, 6.07) is 0. The van der Waals surface area contributed by atoms with E-state index in [4.69, 9.17) is 0 Å². The molecule has 1 atom stereocenters. The van der Waals surface area contributed by atoms with Crippen molar-refractivity contribution in [3.8, 4) is 0 Å². The van der Waals surface area contributed by atoms with E-state index in [1.54, 1.807) is 24.0 Å². The lowest BCUT2D eigenvalue weighted by atomic mass is 10.0. The predicted octanol–water partition coefficient (Wildman–Crippen LogP) is 0.439. The van der Waals surface area contributed by atoms with Crippen LogP contribution in [0.3, 0.4) is 0 Å². The zero-order valence-corrected chi connectivity index (χ0v) is 6.86. The molecule has 1 heterocycles. The van der Waals surface area contributed by atoms with E-state index in [2.05, 4.69) is 10.3 Å². The van der Waals surface area contributed by atoms with E-state index in [9.17, 15) is 5.11 Å². The minimum absolute atomic E-state index is 0.503. The first-order valence-corrected chi connectivity index (χ1v) is 3.70. The number of nitrogens with zero attached hydrogens (tertiary/aromatic N) is 3. The molecule has 0 saturated carbocycles. The highest BCUT2D eigenvalue weighted by molar-refractivity contribution is 4.73. The topological polar surface area (TPSA) is 50.9 Å². The third kappa shape index (κ3) is 2.31. The van der Waals surface area contributed by atoms with Gasteiger partial charge in [-0.15, -0.1) is 5.10 Å².